The lowest BCUT2D eigenvalue weighted by atomic mass is 9.94. The maximum atomic E-state index is 13.4. The first kappa shape index (κ1) is 22.4. The molecule has 2 aromatic carbocycles. The van der Waals surface area contributed by atoms with E-state index in [2.05, 4.69) is 11.8 Å². The van der Waals surface area contributed by atoms with E-state index < -0.39 is 0 Å². The summed E-state index contributed by atoms with van der Waals surface area (Å²) < 4.78 is 21.9. The number of ether oxygens (including phenoxy) is 4. The molecule has 0 atom stereocenters. The molecule has 0 N–H and O–H groups in total. The molecule has 1 fully saturated rings. The quantitative estimate of drug-likeness (QED) is 0.625. The van der Waals surface area contributed by atoms with Crippen molar-refractivity contribution in [3.8, 4) is 23.0 Å². The number of likely N-dealkylation sites (tertiary alicyclic amines) is 1. The highest BCUT2D eigenvalue weighted by Gasteiger charge is 2.26. The summed E-state index contributed by atoms with van der Waals surface area (Å²) in [6.45, 7) is 4.06. The number of nitrogens with zero attached hydrogens (tertiary/aromatic N) is 1. The standard InChI is InChI=1S/C25H29NO5/c1-6-26-15-19(13-17-9-7-11-21(28-2)24(17)30-4)23(27)20(16-26)14-18-10-8-12-22(29-3)25(18)31-5/h7-14H,6,15-16H2,1-5H3. The van der Waals surface area contributed by atoms with Crippen LogP contribution in [0.25, 0.3) is 12.2 Å². The first-order valence-corrected chi connectivity index (χ1v) is 10.2. The molecule has 0 saturated carbocycles. The van der Waals surface area contributed by atoms with Crippen LogP contribution in [-0.4, -0.2) is 58.8 Å². The number of methoxy groups -OCH3 is 4. The fourth-order valence-corrected chi connectivity index (χ4v) is 3.76. The Morgan fingerprint density at radius 3 is 1.58 bits per heavy atom. The van der Waals surface area contributed by atoms with Gasteiger partial charge >= 0.3 is 0 Å². The zero-order chi connectivity index (χ0) is 22.4. The molecule has 0 unspecified atom stereocenters. The molecule has 6 nitrogen and oxygen atoms in total. The maximum Gasteiger partial charge on any atom is 0.187 e. The van der Waals surface area contributed by atoms with Crippen molar-refractivity contribution in [3.05, 3.63) is 58.7 Å². The van der Waals surface area contributed by atoms with Crippen LogP contribution in [0.2, 0.25) is 0 Å². The second-order valence-corrected chi connectivity index (χ2v) is 7.14. The lowest BCUT2D eigenvalue weighted by Crippen LogP contribution is -2.37. The summed E-state index contributed by atoms with van der Waals surface area (Å²) in [6, 6.07) is 11.3. The van der Waals surface area contributed by atoms with Crippen LogP contribution in [0.5, 0.6) is 23.0 Å². The normalized spacial score (nSPS) is 17.1. The molecule has 31 heavy (non-hydrogen) atoms. The maximum absolute atomic E-state index is 13.4. The van der Waals surface area contributed by atoms with Crippen LogP contribution in [0, 0.1) is 0 Å². The minimum absolute atomic E-state index is 0.0134. The number of hydrogen-bond donors (Lipinski definition) is 0. The van der Waals surface area contributed by atoms with E-state index in [0.717, 1.165) is 17.7 Å². The molecule has 6 heteroatoms. The van der Waals surface area contributed by atoms with Crippen molar-refractivity contribution in [2.45, 2.75) is 6.92 Å². The third-order valence-electron chi connectivity index (χ3n) is 5.34. The van der Waals surface area contributed by atoms with Crippen molar-refractivity contribution in [1.29, 1.82) is 0 Å². The van der Waals surface area contributed by atoms with Gasteiger partial charge in [0.15, 0.2) is 28.8 Å². The monoisotopic (exact) mass is 423 g/mol. The summed E-state index contributed by atoms with van der Waals surface area (Å²) in [7, 11) is 6.39. The number of para-hydroxylation sites is 2. The van der Waals surface area contributed by atoms with Crippen molar-refractivity contribution in [2.24, 2.45) is 0 Å². The molecule has 164 valence electrons. The molecule has 1 saturated heterocycles. The van der Waals surface area contributed by atoms with Gasteiger partial charge in [-0.3, -0.25) is 9.69 Å². The number of rotatable bonds is 7. The van der Waals surface area contributed by atoms with Crippen molar-refractivity contribution in [3.63, 3.8) is 0 Å². The Balaban J connectivity index is 2.06. The van der Waals surface area contributed by atoms with E-state index in [1.807, 2.05) is 48.6 Å². The van der Waals surface area contributed by atoms with Gasteiger partial charge in [0.25, 0.3) is 0 Å². The molecular weight excluding hydrogens is 394 g/mol. The molecule has 0 amide bonds. The van der Waals surface area contributed by atoms with Crippen molar-refractivity contribution < 1.29 is 23.7 Å². The number of carbonyl (C=O) groups excluding carboxylic acids is 1. The van der Waals surface area contributed by atoms with E-state index in [1.165, 1.54) is 0 Å². The van der Waals surface area contributed by atoms with Crippen LogP contribution in [-0.2, 0) is 4.79 Å². The van der Waals surface area contributed by atoms with Gasteiger partial charge in [-0.2, -0.15) is 0 Å². The predicted octanol–water partition coefficient (Wildman–Crippen LogP) is 4.09. The summed E-state index contributed by atoms with van der Waals surface area (Å²) in [6.07, 6.45) is 3.78. The van der Waals surface area contributed by atoms with Gasteiger partial charge in [0.1, 0.15) is 0 Å². The lowest BCUT2D eigenvalue weighted by Gasteiger charge is -2.29. The van der Waals surface area contributed by atoms with Crippen LogP contribution >= 0.6 is 0 Å². The third kappa shape index (κ3) is 4.75. The number of benzene rings is 2. The highest BCUT2D eigenvalue weighted by Crippen LogP contribution is 2.35. The number of likely N-dealkylation sites (N-methyl/N-ethyl adjacent to an activating group) is 1. The minimum Gasteiger partial charge on any atom is -0.493 e. The average molecular weight is 424 g/mol. The Hall–Kier alpha value is -3.25. The van der Waals surface area contributed by atoms with Crippen molar-refractivity contribution in [1.82, 2.24) is 4.90 Å². The molecule has 1 aliphatic heterocycles. The summed E-state index contributed by atoms with van der Waals surface area (Å²) in [5.74, 6) is 2.49. The topological polar surface area (TPSA) is 57.2 Å². The first-order valence-electron chi connectivity index (χ1n) is 10.2. The molecule has 0 bridgehead atoms. The highest BCUT2D eigenvalue weighted by atomic mass is 16.5. The third-order valence-corrected chi connectivity index (χ3v) is 5.34. The smallest absolute Gasteiger partial charge is 0.187 e. The molecule has 1 aliphatic rings. The first-order chi connectivity index (χ1) is 15.1. The van der Waals surface area contributed by atoms with E-state index in [9.17, 15) is 4.79 Å². The number of hydrogen-bond acceptors (Lipinski definition) is 6. The van der Waals surface area contributed by atoms with Crippen LogP contribution < -0.4 is 18.9 Å². The second-order valence-electron chi connectivity index (χ2n) is 7.14. The van der Waals surface area contributed by atoms with Gasteiger partial charge in [0, 0.05) is 35.4 Å². The summed E-state index contributed by atoms with van der Waals surface area (Å²) >= 11 is 0. The van der Waals surface area contributed by atoms with Gasteiger partial charge < -0.3 is 18.9 Å². The zero-order valence-electron chi connectivity index (χ0n) is 18.7. The molecule has 0 radical (unpaired) electrons. The fraction of sp³-hybridized carbons (Fsp3) is 0.320. The van der Waals surface area contributed by atoms with Crippen LogP contribution in [0.4, 0.5) is 0 Å². The number of carbonyl (C=O) groups is 1. The van der Waals surface area contributed by atoms with Gasteiger partial charge in [-0.1, -0.05) is 31.2 Å². The summed E-state index contributed by atoms with van der Waals surface area (Å²) in [5, 5.41) is 0. The molecule has 3 rings (SSSR count). The summed E-state index contributed by atoms with van der Waals surface area (Å²) in [5.41, 5.74) is 3.02. The molecule has 0 aromatic heterocycles. The van der Waals surface area contributed by atoms with E-state index in [1.54, 1.807) is 28.4 Å². The summed E-state index contributed by atoms with van der Waals surface area (Å²) in [4.78, 5) is 15.6. The van der Waals surface area contributed by atoms with Gasteiger partial charge in [-0.15, -0.1) is 0 Å². The Morgan fingerprint density at radius 2 is 1.23 bits per heavy atom. The highest BCUT2D eigenvalue weighted by molar-refractivity contribution is 6.15. The fourth-order valence-electron chi connectivity index (χ4n) is 3.76. The number of ketones is 1. The van der Waals surface area contributed by atoms with Crippen LogP contribution in [0.3, 0.4) is 0 Å². The Morgan fingerprint density at radius 1 is 0.774 bits per heavy atom. The van der Waals surface area contributed by atoms with E-state index in [4.69, 9.17) is 18.9 Å². The van der Waals surface area contributed by atoms with E-state index in [0.29, 0.717) is 47.2 Å². The van der Waals surface area contributed by atoms with Crippen molar-refractivity contribution in [2.75, 3.05) is 48.1 Å². The molecular formula is C25H29NO5. The largest absolute Gasteiger partial charge is 0.493 e. The van der Waals surface area contributed by atoms with Gasteiger partial charge in [-0.05, 0) is 30.8 Å². The molecule has 2 aromatic rings. The van der Waals surface area contributed by atoms with Crippen molar-refractivity contribution >= 4 is 17.9 Å². The predicted molar refractivity (Wildman–Crippen MR) is 122 cm³/mol. The van der Waals surface area contributed by atoms with Gasteiger partial charge in [0.2, 0.25) is 0 Å². The average Bonchev–Trinajstić information content (AvgIpc) is 2.80. The van der Waals surface area contributed by atoms with Gasteiger partial charge in [-0.25, -0.2) is 0 Å². The molecule has 1 heterocycles. The molecule has 0 aliphatic carbocycles. The zero-order valence-corrected chi connectivity index (χ0v) is 18.7. The SMILES string of the molecule is CCN1CC(=Cc2cccc(OC)c2OC)C(=O)C(=Cc2cccc(OC)c2OC)C1. The second kappa shape index (κ2) is 10.2. The minimum atomic E-state index is 0.0134. The lowest BCUT2D eigenvalue weighted by molar-refractivity contribution is -0.113. The van der Waals surface area contributed by atoms with Crippen LogP contribution in [0.1, 0.15) is 18.1 Å². The molecule has 0 spiro atoms. The number of Topliss-reactive ketones (excluding diaryl/α,β-unsaturated/α-hetero) is 1. The Labute approximate surface area is 183 Å². The van der Waals surface area contributed by atoms with Crippen LogP contribution in [0.15, 0.2) is 47.5 Å². The van der Waals surface area contributed by atoms with E-state index in [-0.39, 0.29) is 5.78 Å². The Bertz CT molecular complexity index is 931. The number of piperidine rings is 1. The van der Waals surface area contributed by atoms with Gasteiger partial charge in [0.05, 0.1) is 28.4 Å². The Kier molecular flexibility index (Phi) is 7.36. The van der Waals surface area contributed by atoms with E-state index >= 15 is 0 Å².